The molecule has 0 saturated heterocycles. The van der Waals surface area contributed by atoms with Crippen molar-refractivity contribution in [1.82, 2.24) is 4.31 Å². The maximum atomic E-state index is 13.8. The summed E-state index contributed by atoms with van der Waals surface area (Å²) in [7, 11) is -3.74. The number of nitrogens with zero attached hydrogens (tertiary/aromatic N) is 2. The summed E-state index contributed by atoms with van der Waals surface area (Å²) >= 11 is 6.61. The van der Waals surface area contributed by atoms with Crippen LogP contribution in [0.3, 0.4) is 0 Å². The Balaban J connectivity index is 1.59. The highest BCUT2D eigenvalue weighted by Gasteiger charge is 2.25. The zero-order valence-corrected chi connectivity index (χ0v) is 27.4. The zero-order chi connectivity index (χ0) is 30.2. The minimum Gasteiger partial charge on any atom is -0.492 e. The molecule has 2 aromatic carbocycles. The minimum absolute atomic E-state index is 0.207. The third-order valence-electron chi connectivity index (χ3n) is 7.57. The molecule has 0 radical (unpaired) electrons. The molecule has 0 saturated carbocycles. The van der Waals surface area contributed by atoms with E-state index in [4.69, 9.17) is 16.3 Å². The number of aryl methyl sites for hydroxylation is 2. The number of sulfonamides is 1. The van der Waals surface area contributed by atoms with Gasteiger partial charge in [0, 0.05) is 31.6 Å². The van der Waals surface area contributed by atoms with Gasteiger partial charge in [0.25, 0.3) is 0 Å². The normalized spacial score (nSPS) is 11.7. The number of ether oxygens (including phenoxy) is 1. The summed E-state index contributed by atoms with van der Waals surface area (Å²) in [5.74, 6) is 0.646. The van der Waals surface area contributed by atoms with Gasteiger partial charge in [0.05, 0.1) is 16.5 Å². The molecule has 7 heteroatoms. The number of halogens is 1. The van der Waals surface area contributed by atoms with Gasteiger partial charge in [0.15, 0.2) is 12.4 Å². The Morgan fingerprint density at radius 3 is 1.93 bits per heavy atom. The van der Waals surface area contributed by atoms with E-state index in [0.717, 1.165) is 42.5 Å². The van der Waals surface area contributed by atoms with Crippen LogP contribution >= 0.6 is 11.6 Å². The zero-order valence-electron chi connectivity index (χ0n) is 25.9. The fraction of sp³-hybridized carbons (Fsp3) is 0.514. The van der Waals surface area contributed by atoms with Crippen molar-refractivity contribution in [2.75, 3.05) is 6.61 Å². The number of aromatic nitrogens is 1. The predicted octanol–water partition coefficient (Wildman–Crippen LogP) is 9.04. The first-order valence-corrected chi connectivity index (χ1v) is 17.6. The minimum atomic E-state index is -3.74. The molecule has 0 unspecified atom stereocenters. The van der Waals surface area contributed by atoms with E-state index in [2.05, 4.69) is 18.4 Å². The van der Waals surface area contributed by atoms with Gasteiger partial charge < -0.3 is 4.74 Å². The lowest BCUT2D eigenvalue weighted by atomic mass is 10.1. The van der Waals surface area contributed by atoms with Crippen LogP contribution in [0.15, 0.2) is 71.9 Å². The van der Waals surface area contributed by atoms with Crippen LogP contribution in [0.2, 0.25) is 5.02 Å². The molecule has 0 fully saturated rings. The van der Waals surface area contributed by atoms with Gasteiger partial charge in [-0.25, -0.2) is 13.0 Å². The van der Waals surface area contributed by atoms with E-state index in [9.17, 15) is 8.42 Å². The van der Waals surface area contributed by atoms with Crippen LogP contribution in [0, 0.1) is 6.92 Å². The van der Waals surface area contributed by atoms with E-state index >= 15 is 0 Å². The van der Waals surface area contributed by atoms with Gasteiger partial charge in [-0.05, 0) is 48.7 Å². The number of rotatable bonds is 20. The van der Waals surface area contributed by atoms with Crippen molar-refractivity contribution in [3.63, 3.8) is 0 Å². The molecule has 42 heavy (non-hydrogen) atoms. The molecule has 3 aromatic rings. The third kappa shape index (κ3) is 11.3. The van der Waals surface area contributed by atoms with Crippen molar-refractivity contribution in [2.45, 2.75) is 116 Å². The Morgan fingerprint density at radius 1 is 0.738 bits per heavy atom. The molecule has 3 rings (SSSR count). The largest absolute Gasteiger partial charge is 0.492 e. The van der Waals surface area contributed by atoms with Crippen LogP contribution in [-0.2, 0) is 29.7 Å². The average Bonchev–Trinajstić information content (AvgIpc) is 2.98. The summed E-state index contributed by atoms with van der Waals surface area (Å²) in [5.41, 5.74) is 2.77. The van der Waals surface area contributed by atoms with Crippen LogP contribution < -0.4 is 9.30 Å². The second-order valence-corrected chi connectivity index (χ2v) is 13.7. The lowest BCUT2D eigenvalue weighted by molar-refractivity contribution is -0.697. The Hall–Kier alpha value is -2.41. The first-order valence-electron chi connectivity index (χ1n) is 15.8. The SMILES string of the molecule is CCCCCCCCCCCCOc1ccc(CN(Cc2cc[n+](CCC)cc2)S(=O)(=O)c2ccc(C)cc2)cc1Cl. The molecule has 0 aliphatic carbocycles. The van der Waals surface area contributed by atoms with E-state index in [0.29, 0.717) is 17.4 Å². The highest BCUT2D eigenvalue weighted by Crippen LogP contribution is 2.28. The number of hydrogen-bond donors (Lipinski definition) is 0. The van der Waals surface area contributed by atoms with Gasteiger partial charge in [-0.3, -0.25) is 0 Å². The Kier molecular flexibility index (Phi) is 14.8. The van der Waals surface area contributed by atoms with E-state index in [-0.39, 0.29) is 18.0 Å². The fourth-order valence-electron chi connectivity index (χ4n) is 5.02. The standard InChI is InChI=1S/C35H50ClN2O3S/c1-4-6-7-8-9-10-11-12-13-14-26-41-35-20-17-32(27-34(35)36)29-38(28-31-21-24-37(23-5-2)25-22-31)42(39,40)33-18-15-30(3)16-19-33/h15-22,24-25,27H,4-14,23,26,28-29H2,1-3H3/q+1. The van der Waals surface area contributed by atoms with Crippen LogP contribution in [0.25, 0.3) is 0 Å². The highest BCUT2D eigenvalue weighted by atomic mass is 35.5. The van der Waals surface area contributed by atoms with Gasteiger partial charge >= 0.3 is 0 Å². The summed E-state index contributed by atoms with van der Waals surface area (Å²) in [6.07, 6.45) is 17.8. The smallest absolute Gasteiger partial charge is 0.243 e. The molecule has 1 heterocycles. The van der Waals surface area contributed by atoms with Gasteiger partial charge in [0.2, 0.25) is 10.0 Å². The Morgan fingerprint density at radius 2 is 1.33 bits per heavy atom. The third-order valence-corrected chi connectivity index (χ3v) is 9.67. The van der Waals surface area contributed by atoms with E-state index in [1.165, 1.54) is 55.7 Å². The van der Waals surface area contributed by atoms with Gasteiger partial charge in [-0.1, -0.05) is 107 Å². The van der Waals surface area contributed by atoms with Gasteiger partial charge in [-0.2, -0.15) is 4.31 Å². The van der Waals surface area contributed by atoms with Crippen LogP contribution in [0.1, 0.15) is 101 Å². The second kappa shape index (κ2) is 18.3. The molecular weight excluding hydrogens is 564 g/mol. The number of hydrogen-bond acceptors (Lipinski definition) is 3. The number of unbranched alkanes of at least 4 members (excludes halogenated alkanes) is 9. The molecule has 0 spiro atoms. The van der Waals surface area contributed by atoms with Crippen LogP contribution in [-0.4, -0.2) is 19.3 Å². The fourth-order valence-corrected chi connectivity index (χ4v) is 6.70. The molecule has 1 aromatic heterocycles. The molecule has 0 atom stereocenters. The lowest BCUT2D eigenvalue weighted by Crippen LogP contribution is -2.33. The van der Waals surface area contributed by atoms with Crippen molar-refractivity contribution in [2.24, 2.45) is 0 Å². The molecule has 0 amide bonds. The molecule has 0 aliphatic heterocycles. The molecule has 230 valence electrons. The summed E-state index contributed by atoms with van der Waals surface area (Å²) in [6, 6.07) is 16.6. The average molecular weight is 614 g/mol. The predicted molar refractivity (Wildman–Crippen MR) is 173 cm³/mol. The molecule has 0 N–H and O–H groups in total. The summed E-state index contributed by atoms with van der Waals surface area (Å²) in [5, 5.41) is 0.507. The van der Waals surface area contributed by atoms with E-state index in [1.54, 1.807) is 12.1 Å². The van der Waals surface area contributed by atoms with Gasteiger partial charge in [0.1, 0.15) is 12.3 Å². The molecular formula is C35H50ClN2O3S+. The van der Waals surface area contributed by atoms with Crippen LogP contribution in [0.5, 0.6) is 5.75 Å². The molecule has 0 bridgehead atoms. The van der Waals surface area contributed by atoms with Crippen molar-refractivity contribution in [3.05, 3.63) is 88.7 Å². The highest BCUT2D eigenvalue weighted by molar-refractivity contribution is 7.89. The second-order valence-electron chi connectivity index (χ2n) is 11.3. The summed E-state index contributed by atoms with van der Waals surface area (Å²) < 4.78 is 37.1. The van der Waals surface area contributed by atoms with Crippen molar-refractivity contribution < 1.29 is 17.7 Å². The summed E-state index contributed by atoms with van der Waals surface area (Å²) in [4.78, 5) is 0.285. The number of pyridine rings is 1. The van der Waals surface area contributed by atoms with E-state index < -0.39 is 10.0 Å². The Bertz CT molecular complexity index is 1290. The molecule has 0 aliphatic rings. The van der Waals surface area contributed by atoms with Crippen molar-refractivity contribution >= 4 is 21.6 Å². The Labute approximate surface area is 259 Å². The first kappa shape index (κ1) is 34.1. The quantitative estimate of drug-likeness (QED) is 0.0943. The monoisotopic (exact) mass is 613 g/mol. The van der Waals surface area contributed by atoms with Crippen molar-refractivity contribution in [1.29, 1.82) is 0 Å². The topological polar surface area (TPSA) is 50.5 Å². The van der Waals surface area contributed by atoms with Crippen molar-refractivity contribution in [3.8, 4) is 5.75 Å². The maximum Gasteiger partial charge on any atom is 0.243 e. The number of benzene rings is 2. The van der Waals surface area contributed by atoms with Gasteiger partial charge in [-0.15, -0.1) is 0 Å². The first-order chi connectivity index (χ1) is 20.3. The van der Waals surface area contributed by atoms with Crippen LogP contribution in [0.4, 0.5) is 0 Å². The summed E-state index contributed by atoms with van der Waals surface area (Å²) in [6.45, 7) is 8.37. The lowest BCUT2D eigenvalue weighted by Gasteiger charge is -2.23. The van der Waals surface area contributed by atoms with E-state index in [1.807, 2.05) is 61.8 Å². The molecule has 5 nitrogen and oxygen atoms in total. The maximum absolute atomic E-state index is 13.8.